The molecule has 0 saturated carbocycles. The number of para-hydroxylation sites is 1. The number of benzene rings is 1. The van der Waals surface area contributed by atoms with Crippen molar-refractivity contribution in [1.29, 1.82) is 0 Å². The van der Waals surface area contributed by atoms with Gasteiger partial charge in [-0.05, 0) is 24.6 Å². The van der Waals surface area contributed by atoms with Crippen molar-refractivity contribution in [3.8, 4) is 5.75 Å². The Bertz CT molecular complexity index is 639. The molecule has 2 aromatic rings. The quantitative estimate of drug-likeness (QED) is 0.934. The minimum atomic E-state index is -0.592. The van der Waals surface area contributed by atoms with Crippen molar-refractivity contribution in [3.05, 3.63) is 53.3 Å². The molecule has 1 N–H and O–H groups in total. The Hall–Kier alpha value is -2.07. The summed E-state index contributed by atoms with van der Waals surface area (Å²) in [4.78, 5) is 4.45. The first-order chi connectivity index (χ1) is 10.1. The van der Waals surface area contributed by atoms with Gasteiger partial charge in [0.25, 0.3) is 0 Å². The van der Waals surface area contributed by atoms with E-state index in [1.165, 1.54) is 0 Å². The molecule has 0 bridgehead atoms. The molecule has 0 aliphatic carbocycles. The Balaban J connectivity index is 1.84. The Morgan fingerprint density at radius 3 is 2.76 bits per heavy atom. The number of ether oxygens (including phenoxy) is 2. The number of nitrogens with one attached hydrogen (secondary N) is 1. The SMILES string of the molecule is Cc1ncc(CNc2ccccc2)c2c1OC(C)(C)OC2. The van der Waals surface area contributed by atoms with E-state index in [0.29, 0.717) is 13.2 Å². The molecular formula is C17H20N2O2. The molecule has 1 aromatic heterocycles. The lowest BCUT2D eigenvalue weighted by Crippen LogP contribution is -2.36. The lowest BCUT2D eigenvalue weighted by molar-refractivity contribution is -0.180. The summed E-state index contributed by atoms with van der Waals surface area (Å²) in [6, 6.07) is 10.1. The molecule has 4 heteroatoms. The molecule has 1 aliphatic rings. The topological polar surface area (TPSA) is 43.4 Å². The Morgan fingerprint density at radius 1 is 1.24 bits per heavy atom. The first-order valence-corrected chi connectivity index (χ1v) is 7.14. The first kappa shape index (κ1) is 13.9. The zero-order chi connectivity index (χ0) is 14.9. The van der Waals surface area contributed by atoms with Gasteiger partial charge in [0.05, 0.1) is 12.3 Å². The summed E-state index contributed by atoms with van der Waals surface area (Å²) in [5, 5.41) is 3.40. The highest BCUT2D eigenvalue weighted by Crippen LogP contribution is 2.35. The van der Waals surface area contributed by atoms with E-state index in [9.17, 15) is 0 Å². The highest BCUT2D eigenvalue weighted by atomic mass is 16.7. The second kappa shape index (κ2) is 5.37. The van der Waals surface area contributed by atoms with Crippen LogP contribution < -0.4 is 10.1 Å². The molecule has 4 nitrogen and oxygen atoms in total. The smallest absolute Gasteiger partial charge is 0.205 e. The van der Waals surface area contributed by atoms with E-state index in [0.717, 1.165) is 28.3 Å². The lowest BCUT2D eigenvalue weighted by atomic mass is 10.1. The van der Waals surface area contributed by atoms with E-state index in [1.807, 2.05) is 57.3 Å². The predicted molar refractivity (Wildman–Crippen MR) is 82.2 cm³/mol. The second-order valence-electron chi connectivity index (χ2n) is 5.69. The Morgan fingerprint density at radius 2 is 2.00 bits per heavy atom. The fourth-order valence-electron chi connectivity index (χ4n) is 2.40. The molecule has 110 valence electrons. The summed E-state index contributed by atoms with van der Waals surface area (Å²) >= 11 is 0. The first-order valence-electron chi connectivity index (χ1n) is 7.14. The van der Waals surface area contributed by atoms with E-state index in [1.54, 1.807) is 0 Å². The molecule has 0 radical (unpaired) electrons. The van der Waals surface area contributed by atoms with Crippen LogP contribution in [-0.2, 0) is 17.9 Å². The van der Waals surface area contributed by atoms with Crippen molar-refractivity contribution in [2.45, 2.75) is 39.7 Å². The number of hydrogen-bond donors (Lipinski definition) is 1. The number of fused-ring (bicyclic) bond motifs is 1. The van der Waals surface area contributed by atoms with Gasteiger partial charge >= 0.3 is 0 Å². The number of rotatable bonds is 3. The van der Waals surface area contributed by atoms with Crippen molar-refractivity contribution in [1.82, 2.24) is 4.98 Å². The van der Waals surface area contributed by atoms with Crippen molar-refractivity contribution < 1.29 is 9.47 Å². The van der Waals surface area contributed by atoms with Gasteiger partial charge in [-0.1, -0.05) is 18.2 Å². The third-order valence-corrected chi connectivity index (χ3v) is 3.57. The third kappa shape index (κ3) is 3.00. The van der Waals surface area contributed by atoms with Gasteiger partial charge in [-0.2, -0.15) is 0 Å². The van der Waals surface area contributed by atoms with Gasteiger partial charge in [-0.25, -0.2) is 0 Å². The van der Waals surface area contributed by atoms with Crippen molar-refractivity contribution in [3.63, 3.8) is 0 Å². The van der Waals surface area contributed by atoms with E-state index in [4.69, 9.17) is 9.47 Å². The number of pyridine rings is 1. The number of aromatic nitrogens is 1. The average Bonchev–Trinajstić information content (AvgIpc) is 2.47. The van der Waals surface area contributed by atoms with Crippen molar-refractivity contribution in [2.24, 2.45) is 0 Å². The van der Waals surface area contributed by atoms with Gasteiger partial charge in [-0.3, -0.25) is 4.98 Å². The van der Waals surface area contributed by atoms with Crippen LogP contribution in [0.15, 0.2) is 36.5 Å². The molecule has 0 amide bonds. The minimum Gasteiger partial charge on any atom is -0.461 e. The van der Waals surface area contributed by atoms with Gasteiger partial charge < -0.3 is 14.8 Å². The fourth-order valence-corrected chi connectivity index (χ4v) is 2.40. The summed E-state index contributed by atoms with van der Waals surface area (Å²) in [5.41, 5.74) is 4.19. The number of hydrogen-bond acceptors (Lipinski definition) is 4. The van der Waals surface area contributed by atoms with Crippen LogP contribution in [0.25, 0.3) is 0 Å². The van der Waals surface area contributed by atoms with E-state index >= 15 is 0 Å². The minimum absolute atomic E-state index is 0.553. The second-order valence-corrected chi connectivity index (χ2v) is 5.69. The van der Waals surface area contributed by atoms with Gasteiger partial charge in [0.1, 0.15) is 5.75 Å². The molecule has 21 heavy (non-hydrogen) atoms. The van der Waals surface area contributed by atoms with Crippen LogP contribution >= 0.6 is 0 Å². The van der Waals surface area contributed by atoms with Crippen LogP contribution in [0, 0.1) is 6.92 Å². The van der Waals surface area contributed by atoms with Crippen LogP contribution in [0.3, 0.4) is 0 Å². The van der Waals surface area contributed by atoms with Gasteiger partial charge in [-0.15, -0.1) is 0 Å². The van der Waals surface area contributed by atoms with Crippen LogP contribution in [0.5, 0.6) is 5.75 Å². The summed E-state index contributed by atoms with van der Waals surface area (Å²) in [6.45, 7) is 7.06. The molecule has 0 atom stereocenters. The van der Waals surface area contributed by atoms with Gasteiger partial charge in [0, 0.05) is 37.8 Å². The fraction of sp³-hybridized carbons (Fsp3) is 0.353. The molecule has 2 heterocycles. The number of anilines is 1. The third-order valence-electron chi connectivity index (χ3n) is 3.57. The van der Waals surface area contributed by atoms with E-state index in [2.05, 4.69) is 10.3 Å². The van der Waals surface area contributed by atoms with Crippen LogP contribution in [0.4, 0.5) is 5.69 Å². The molecular weight excluding hydrogens is 264 g/mol. The standard InChI is InChI=1S/C17H20N2O2/c1-12-16-15(11-20-17(2,3)21-16)13(9-18-12)10-19-14-7-5-4-6-8-14/h4-9,19H,10-11H2,1-3H3. The zero-order valence-electron chi connectivity index (χ0n) is 12.6. The average molecular weight is 284 g/mol. The number of aryl methyl sites for hydroxylation is 1. The molecule has 1 aromatic carbocycles. The maximum atomic E-state index is 5.93. The maximum Gasteiger partial charge on any atom is 0.205 e. The zero-order valence-corrected chi connectivity index (χ0v) is 12.6. The van der Waals surface area contributed by atoms with Crippen LogP contribution in [-0.4, -0.2) is 10.8 Å². The van der Waals surface area contributed by atoms with Gasteiger partial charge in [0.2, 0.25) is 5.79 Å². The highest BCUT2D eigenvalue weighted by Gasteiger charge is 2.30. The normalized spacial score (nSPS) is 16.0. The summed E-state index contributed by atoms with van der Waals surface area (Å²) in [7, 11) is 0. The molecule has 0 fully saturated rings. The molecule has 0 saturated heterocycles. The largest absolute Gasteiger partial charge is 0.461 e. The maximum absolute atomic E-state index is 5.93. The predicted octanol–water partition coefficient (Wildman–Crippen LogP) is 3.65. The highest BCUT2D eigenvalue weighted by molar-refractivity contribution is 5.47. The van der Waals surface area contributed by atoms with Crippen LogP contribution in [0.1, 0.15) is 30.7 Å². The van der Waals surface area contributed by atoms with Gasteiger partial charge in [0.15, 0.2) is 0 Å². The Labute approximate surface area is 125 Å². The molecule has 1 aliphatic heterocycles. The monoisotopic (exact) mass is 284 g/mol. The van der Waals surface area contributed by atoms with Crippen LogP contribution in [0.2, 0.25) is 0 Å². The Kier molecular flexibility index (Phi) is 3.55. The summed E-state index contributed by atoms with van der Waals surface area (Å²) in [5.74, 6) is 0.267. The summed E-state index contributed by atoms with van der Waals surface area (Å²) < 4.78 is 11.7. The number of nitrogens with zero attached hydrogens (tertiary/aromatic N) is 1. The lowest BCUT2D eigenvalue weighted by Gasteiger charge is -2.34. The van der Waals surface area contributed by atoms with Crippen molar-refractivity contribution >= 4 is 5.69 Å². The molecule has 0 unspecified atom stereocenters. The molecule has 0 spiro atoms. The van der Waals surface area contributed by atoms with E-state index in [-0.39, 0.29) is 0 Å². The summed E-state index contributed by atoms with van der Waals surface area (Å²) in [6.07, 6.45) is 1.90. The molecule has 3 rings (SSSR count). The van der Waals surface area contributed by atoms with Crippen molar-refractivity contribution in [2.75, 3.05) is 5.32 Å². The van der Waals surface area contributed by atoms with E-state index < -0.39 is 5.79 Å².